The Balaban J connectivity index is 1.57. The van der Waals surface area contributed by atoms with Crippen molar-refractivity contribution in [1.82, 2.24) is 5.16 Å². The summed E-state index contributed by atoms with van der Waals surface area (Å²) in [7, 11) is 0. The SMILES string of the molecule is C[C@@H](OC(=O)Cc1noc2ccccc12)C(=O)Nc1ccc(C(F)(F)F)cc1. The van der Waals surface area contributed by atoms with Crippen molar-refractivity contribution in [2.45, 2.75) is 25.6 Å². The Kier molecular flexibility index (Phi) is 5.34. The first kappa shape index (κ1) is 19.4. The zero-order valence-corrected chi connectivity index (χ0v) is 14.6. The molecule has 1 amide bonds. The number of carbonyl (C=O) groups excluding carboxylic acids is 2. The molecule has 0 bridgehead atoms. The van der Waals surface area contributed by atoms with Crippen LogP contribution in [0, 0.1) is 0 Å². The van der Waals surface area contributed by atoms with E-state index in [1.165, 1.54) is 6.92 Å². The Morgan fingerprint density at radius 1 is 1.14 bits per heavy atom. The van der Waals surface area contributed by atoms with E-state index in [0.29, 0.717) is 16.7 Å². The predicted octanol–water partition coefficient (Wildman–Crippen LogP) is 3.96. The first-order chi connectivity index (χ1) is 13.2. The minimum atomic E-state index is -4.46. The van der Waals surface area contributed by atoms with Gasteiger partial charge in [0.2, 0.25) is 0 Å². The van der Waals surface area contributed by atoms with E-state index in [0.717, 1.165) is 24.3 Å². The van der Waals surface area contributed by atoms with Crippen LogP contribution < -0.4 is 5.32 Å². The number of hydrogen-bond donors (Lipinski definition) is 1. The van der Waals surface area contributed by atoms with E-state index in [-0.39, 0.29) is 12.1 Å². The molecule has 0 radical (unpaired) electrons. The number of para-hydroxylation sites is 1. The average molecular weight is 392 g/mol. The molecule has 0 aliphatic rings. The van der Waals surface area contributed by atoms with Gasteiger partial charge < -0.3 is 14.6 Å². The van der Waals surface area contributed by atoms with Gasteiger partial charge in [0.1, 0.15) is 5.69 Å². The summed E-state index contributed by atoms with van der Waals surface area (Å²) in [5.41, 5.74) is 0.238. The van der Waals surface area contributed by atoms with Crippen molar-refractivity contribution in [1.29, 1.82) is 0 Å². The van der Waals surface area contributed by atoms with Crippen molar-refractivity contribution in [3.63, 3.8) is 0 Å². The molecule has 2 aromatic carbocycles. The smallest absolute Gasteiger partial charge is 0.416 e. The van der Waals surface area contributed by atoms with Crippen molar-refractivity contribution in [3.8, 4) is 0 Å². The normalized spacial score (nSPS) is 12.6. The molecular formula is C19H15F3N2O4. The van der Waals surface area contributed by atoms with Crippen molar-refractivity contribution >= 4 is 28.5 Å². The van der Waals surface area contributed by atoms with Crippen LogP contribution in [0.15, 0.2) is 53.1 Å². The van der Waals surface area contributed by atoms with Crippen molar-refractivity contribution in [2.75, 3.05) is 5.32 Å². The lowest BCUT2D eigenvalue weighted by Gasteiger charge is -2.14. The lowest BCUT2D eigenvalue weighted by Crippen LogP contribution is -2.30. The summed E-state index contributed by atoms with van der Waals surface area (Å²) in [6.45, 7) is 1.36. The number of carbonyl (C=O) groups is 2. The van der Waals surface area contributed by atoms with Gasteiger partial charge in [0, 0.05) is 11.1 Å². The predicted molar refractivity (Wildman–Crippen MR) is 93.3 cm³/mol. The molecule has 1 N–H and O–H groups in total. The number of anilines is 1. The summed E-state index contributed by atoms with van der Waals surface area (Å²) in [6, 6.07) is 10.9. The minimum Gasteiger partial charge on any atom is -0.452 e. The van der Waals surface area contributed by atoms with Gasteiger partial charge in [0.15, 0.2) is 11.7 Å². The molecule has 0 unspecified atom stereocenters. The molecule has 146 valence electrons. The summed E-state index contributed by atoms with van der Waals surface area (Å²) in [6.07, 6.45) is -5.79. The van der Waals surface area contributed by atoms with Gasteiger partial charge in [-0.25, -0.2) is 0 Å². The number of hydrogen-bond acceptors (Lipinski definition) is 5. The standard InChI is InChI=1S/C19H15F3N2O4/c1-11(18(26)23-13-8-6-12(7-9-13)19(20,21)22)27-17(25)10-15-14-4-2-3-5-16(14)28-24-15/h2-9,11H,10H2,1H3,(H,23,26)/t11-/m1/s1. The van der Waals surface area contributed by atoms with E-state index < -0.39 is 29.7 Å². The molecule has 0 aliphatic carbocycles. The Morgan fingerprint density at radius 3 is 2.50 bits per heavy atom. The van der Waals surface area contributed by atoms with Crippen LogP contribution >= 0.6 is 0 Å². The third kappa shape index (κ3) is 4.48. The lowest BCUT2D eigenvalue weighted by molar-refractivity contribution is -0.152. The topological polar surface area (TPSA) is 81.4 Å². The number of benzene rings is 2. The molecule has 0 fully saturated rings. The van der Waals surface area contributed by atoms with Crippen molar-refractivity contribution in [2.24, 2.45) is 0 Å². The number of esters is 1. The molecular weight excluding hydrogens is 377 g/mol. The fraction of sp³-hybridized carbons (Fsp3) is 0.211. The highest BCUT2D eigenvalue weighted by Gasteiger charge is 2.30. The van der Waals surface area contributed by atoms with Crippen molar-refractivity contribution in [3.05, 3.63) is 59.8 Å². The van der Waals surface area contributed by atoms with Gasteiger partial charge in [0.05, 0.1) is 12.0 Å². The second kappa shape index (κ2) is 7.71. The zero-order valence-electron chi connectivity index (χ0n) is 14.6. The number of halogens is 3. The number of nitrogens with one attached hydrogen (secondary N) is 1. The summed E-state index contributed by atoms with van der Waals surface area (Å²) in [4.78, 5) is 24.2. The minimum absolute atomic E-state index is 0.156. The van der Waals surface area contributed by atoms with E-state index in [9.17, 15) is 22.8 Å². The van der Waals surface area contributed by atoms with Crippen molar-refractivity contribution < 1.29 is 32.0 Å². The maximum atomic E-state index is 12.6. The number of fused-ring (bicyclic) bond motifs is 1. The van der Waals surface area contributed by atoms with E-state index in [4.69, 9.17) is 9.26 Å². The molecule has 0 saturated heterocycles. The number of rotatable bonds is 5. The molecule has 0 spiro atoms. The molecule has 1 heterocycles. The molecule has 0 aliphatic heterocycles. The van der Waals surface area contributed by atoms with Gasteiger partial charge in [-0.1, -0.05) is 17.3 Å². The molecule has 6 nitrogen and oxygen atoms in total. The molecule has 28 heavy (non-hydrogen) atoms. The van der Waals surface area contributed by atoms with Crippen LogP contribution in [-0.4, -0.2) is 23.1 Å². The summed E-state index contributed by atoms with van der Waals surface area (Å²) < 4.78 is 47.8. The first-order valence-electron chi connectivity index (χ1n) is 8.25. The molecule has 9 heteroatoms. The van der Waals surface area contributed by atoms with Gasteiger partial charge in [-0.3, -0.25) is 9.59 Å². The van der Waals surface area contributed by atoms with Gasteiger partial charge in [-0.2, -0.15) is 13.2 Å². The van der Waals surface area contributed by atoms with Crippen LogP contribution in [0.2, 0.25) is 0 Å². The number of amides is 1. The molecule has 0 saturated carbocycles. The fourth-order valence-corrected chi connectivity index (χ4v) is 2.48. The molecule has 3 rings (SSSR count). The number of nitrogens with zero attached hydrogens (tertiary/aromatic N) is 1. The Morgan fingerprint density at radius 2 is 1.82 bits per heavy atom. The number of alkyl halides is 3. The Hall–Kier alpha value is -3.36. The van der Waals surface area contributed by atoms with Crippen LogP contribution in [0.4, 0.5) is 18.9 Å². The quantitative estimate of drug-likeness (QED) is 0.665. The maximum Gasteiger partial charge on any atom is 0.416 e. The number of ether oxygens (including phenoxy) is 1. The van der Waals surface area contributed by atoms with Crippen LogP contribution in [0.3, 0.4) is 0 Å². The van der Waals surface area contributed by atoms with Crippen LogP contribution in [-0.2, 0) is 26.9 Å². The highest BCUT2D eigenvalue weighted by atomic mass is 19.4. The van der Waals surface area contributed by atoms with Gasteiger partial charge in [0.25, 0.3) is 5.91 Å². The summed E-state index contributed by atoms with van der Waals surface area (Å²) in [5, 5.41) is 6.88. The lowest BCUT2D eigenvalue weighted by atomic mass is 10.2. The largest absolute Gasteiger partial charge is 0.452 e. The third-order valence-corrected chi connectivity index (χ3v) is 3.92. The summed E-state index contributed by atoms with van der Waals surface area (Å²) >= 11 is 0. The first-order valence-corrected chi connectivity index (χ1v) is 8.25. The highest BCUT2D eigenvalue weighted by molar-refractivity contribution is 5.95. The second-order valence-corrected chi connectivity index (χ2v) is 6.00. The zero-order chi connectivity index (χ0) is 20.3. The van der Waals surface area contributed by atoms with E-state index >= 15 is 0 Å². The van der Waals surface area contributed by atoms with Gasteiger partial charge in [-0.15, -0.1) is 0 Å². The van der Waals surface area contributed by atoms with Crippen LogP contribution in [0.25, 0.3) is 11.0 Å². The van der Waals surface area contributed by atoms with E-state index in [2.05, 4.69) is 10.5 Å². The van der Waals surface area contributed by atoms with Crippen LogP contribution in [0.5, 0.6) is 0 Å². The second-order valence-electron chi connectivity index (χ2n) is 6.00. The molecule has 1 aromatic heterocycles. The fourth-order valence-electron chi connectivity index (χ4n) is 2.48. The van der Waals surface area contributed by atoms with Gasteiger partial charge >= 0.3 is 12.1 Å². The van der Waals surface area contributed by atoms with E-state index in [1.54, 1.807) is 24.3 Å². The Bertz CT molecular complexity index is 996. The Labute approximate surface area is 157 Å². The summed E-state index contributed by atoms with van der Waals surface area (Å²) in [5.74, 6) is -1.35. The monoisotopic (exact) mass is 392 g/mol. The van der Waals surface area contributed by atoms with Gasteiger partial charge in [-0.05, 0) is 43.3 Å². The average Bonchev–Trinajstić information content (AvgIpc) is 3.04. The third-order valence-electron chi connectivity index (χ3n) is 3.92. The molecule has 3 aromatic rings. The number of aromatic nitrogens is 1. The van der Waals surface area contributed by atoms with Crippen LogP contribution in [0.1, 0.15) is 18.2 Å². The highest BCUT2D eigenvalue weighted by Crippen LogP contribution is 2.29. The molecule has 1 atom stereocenters. The maximum absolute atomic E-state index is 12.6. The van der Waals surface area contributed by atoms with E-state index in [1.807, 2.05) is 0 Å².